The van der Waals surface area contributed by atoms with Crippen molar-refractivity contribution < 1.29 is 4.79 Å². The summed E-state index contributed by atoms with van der Waals surface area (Å²) in [7, 11) is 2.09. The highest BCUT2D eigenvalue weighted by Gasteiger charge is 2.30. The number of likely N-dealkylation sites (N-methyl/N-ethyl adjacent to an activating group) is 1. The molecule has 34 heavy (non-hydrogen) atoms. The molecule has 5 nitrogen and oxygen atoms in total. The van der Waals surface area contributed by atoms with Gasteiger partial charge in [-0.1, -0.05) is 42.5 Å². The van der Waals surface area contributed by atoms with E-state index in [0.29, 0.717) is 5.92 Å². The highest BCUT2D eigenvalue weighted by atomic mass is 16.1. The van der Waals surface area contributed by atoms with Crippen molar-refractivity contribution in [1.82, 2.24) is 15.2 Å². The molecule has 2 aromatic rings. The van der Waals surface area contributed by atoms with Crippen LogP contribution in [-0.4, -0.2) is 47.7 Å². The zero-order valence-corrected chi connectivity index (χ0v) is 20.2. The molecule has 1 aromatic heterocycles. The van der Waals surface area contributed by atoms with E-state index in [-0.39, 0.29) is 18.0 Å². The van der Waals surface area contributed by atoms with E-state index >= 15 is 0 Å². The minimum atomic E-state index is 0.0422. The molecule has 3 aliphatic rings. The maximum Gasteiger partial charge on any atom is 0.217 e. The maximum absolute atomic E-state index is 11.6. The van der Waals surface area contributed by atoms with Crippen LogP contribution in [0.5, 0.6) is 0 Å². The summed E-state index contributed by atoms with van der Waals surface area (Å²) in [6, 6.07) is 13.4. The summed E-state index contributed by atoms with van der Waals surface area (Å²) < 4.78 is 0. The van der Waals surface area contributed by atoms with Crippen LogP contribution in [0.2, 0.25) is 0 Å². The Labute approximate surface area is 202 Å². The Morgan fingerprint density at radius 1 is 1.12 bits per heavy atom. The second-order valence-electron chi connectivity index (χ2n) is 9.68. The van der Waals surface area contributed by atoms with E-state index in [1.165, 1.54) is 16.7 Å². The highest BCUT2D eigenvalue weighted by molar-refractivity contribution is 6.12. The predicted octanol–water partition coefficient (Wildman–Crippen LogP) is 5.22. The van der Waals surface area contributed by atoms with Gasteiger partial charge in [0.25, 0.3) is 0 Å². The zero-order valence-electron chi connectivity index (χ0n) is 20.2. The first-order chi connectivity index (χ1) is 16.5. The number of carbonyl (C=O) groups excluding carboxylic acids is 1. The Morgan fingerprint density at radius 3 is 2.74 bits per heavy atom. The summed E-state index contributed by atoms with van der Waals surface area (Å²) in [5, 5.41) is 3.11. The largest absolute Gasteiger partial charge is 0.376 e. The first-order valence-electron chi connectivity index (χ1n) is 12.2. The summed E-state index contributed by atoms with van der Waals surface area (Å²) >= 11 is 0. The Kier molecular flexibility index (Phi) is 6.18. The number of aromatic nitrogens is 1. The molecule has 0 radical (unpaired) electrons. The van der Waals surface area contributed by atoms with Crippen molar-refractivity contribution in [2.75, 3.05) is 13.6 Å². The quantitative estimate of drug-likeness (QED) is 0.677. The molecule has 3 heterocycles. The fourth-order valence-electron chi connectivity index (χ4n) is 5.25. The van der Waals surface area contributed by atoms with Gasteiger partial charge in [0, 0.05) is 56.0 Å². The van der Waals surface area contributed by atoms with Crippen molar-refractivity contribution in [3.05, 3.63) is 77.6 Å². The lowest BCUT2D eigenvalue weighted by molar-refractivity contribution is -0.119. The van der Waals surface area contributed by atoms with Gasteiger partial charge in [-0.2, -0.15) is 0 Å². The molecule has 0 bridgehead atoms. The van der Waals surface area contributed by atoms with E-state index in [9.17, 15) is 4.79 Å². The molecule has 1 aromatic carbocycles. The number of benzene rings is 1. The number of allylic oxidation sites excluding steroid dienone is 3. The van der Waals surface area contributed by atoms with Crippen LogP contribution in [-0.2, 0) is 4.79 Å². The topological polar surface area (TPSA) is 57.6 Å². The molecule has 5 rings (SSSR count). The average Bonchev–Trinajstić information content (AvgIpc) is 3.47. The van der Waals surface area contributed by atoms with Gasteiger partial charge in [-0.05, 0) is 55.0 Å². The lowest BCUT2D eigenvalue weighted by Gasteiger charge is -2.19. The summed E-state index contributed by atoms with van der Waals surface area (Å²) in [6.07, 6.45) is 13.7. The Hall–Kier alpha value is -3.47. The van der Waals surface area contributed by atoms with Crippen molar-refractivity contribution in [2.24, 2.45) is 4.99 Å². The van der Waals surface area contributed by atoms with Crippen LogP contribution in [0.25, 0.3) is 22.4 Å². The lowest BCUT2D eigenvalue weighted by Crippen LogP contribution is -2.30. The molecule has 5 heteroatoms. The van der Waals surface area contributed by atoms with Gasteiger partial charge in [0.05, 0.1) is 17.4 Å². The Bertz CT molecular complexity index is 1220. The highest BCUT2D eigenvalue weighted by Crippen LogP contribution is 2.39. The van der Waals surface area contributed by atoms with Crippen molar-refractivity contribution in [1.29, 1.82) is 0 Å². The third-order valence-electron chi connectivity index (χ3n) is 6.87. The van der Waals surface area contributed by atoms with Crippen molar-refractivity contribution >= 4 is 23.3 Å². The van der Waals surface area contributed by atoms with Crippen LogP contribution in [0.15, 0.2) is 65.8 Å². The number of hydrogen-bond acceptors (Lipinski definition) is 4. The molecule has 2 aliphatic heterocycles. The third-order valence-corrected chi connectivity index (χ3v) is 6.87. The summed E-state index contributed by atoms with van der Waals surface area (Å²) in [5.74, 6) is 0.360. The number of nitrogens with zero attached hydrogens (tertiary/aromatic N) is 3. The molecule has 1 aliphatic carbocycles. The first-order valence-corrected chi connectivity index (χ1v) is 12.2. The van der Waals surface area contributed by atoms with Gasteiger partial charge in [-0.3, -0.25) is 14.8 Å². The van der Waals surface area contributed by atoms with Crippen LogP contribution < -0.4 is 5.32 Å². The summed E-state index contributed by atoms with van der Waals surface area (Å²) in [5.41, 5.74) is 7.95. The number of hydrogen-bond donors (Lipinski definition) is 1. The molecule has 1 amide bonds. The minimum absolute atomic E-state index is 0.0422. The van der Waals surface area contributed by atoms with E-state index < -0.39 is 0 Å². The molecule has 1 fully saturated rings. The zero-order chi connectivity index (χ0) is 23.7. The number of pyridine rings is 1. The second-order valence-corrected chi connectivity index (χ2v) is 9.68. The molecule has 0 saturated heterocycles. The van der Waals surface area contributed by atoms with E-state index in [4.69, 9.17) is 4.98 Å². The van der Waals surface area contributed by atoms with Crippen LogP contribution >= 0.6 is 0 Å². The van der Waals surface area contributed by atoms with Crippen LogP contribution in [0, 0.1) is 0 Å². The van der Waals surface area contributed by atoms with Gasteiger partial charge in [0.15, 0.2) is 0 Å². The number of nitrogens with one attached hydrogen (secondary N) is 1. The monoisotopic (exact) mass is 452 g/mol. The standard InChI is InChI=1S/C29H32N4O/c1-19-14-25(17-30-19)27-11-12-28(32-29(27)23-9-10-26(16-23)31-20(2)34)22-7-4-6-21(15-22)24-8-5-13-33(3)18-24/h4-8,11-12,14-15,17-19,23,26H,9-10,13,16H2,1-3H3,(H,31,34)/t19?,23?,26-/m1/s1. The number of carbonyl (C=O) groups is 1. The molecular formula is C29H32N4O. The molecule has 2 unspecified atom stereocenters. The van der Waals surface area contributed by atoms with Gasteiger partial charge in [-0.25, -0.2) is 0 Å². The van der Waals surface area contributed by atoms with E-state index in [1.54, 1.807) is 6.92 Å². The Balaban J connectivity index is 1.51. The normalized spacial score (nSPS) is 23.7. The number of amides is 1. The third kappa shape index (κ3) is 4.74. The lowest BCUT2D eigenvalue weighted by atomic mass is 9.92. The van der Waals surface area contributed by atoms with Crippen LogP contribution in [0.1, 0.15) is 55.8 Å². The Morgan fingerprint density at radius 2 is 1.97 bits per heavy atom. The van der Waals surface area contributed by atoms with Gasteiger partial charge in [0.2, 0.25) is 5.91 Å². The average molecular weight is 453 g/mol. The molecule has 3 atom stereocenters. The molecule has 174 valence electrons. The van der Waals surface area contributed by atoms with Crippen molar-refractivity contribution in [2.45, 2.75) is 51.1 Å². The smallest absolute Gasteiger partial charge is 0.217 e. The fourth-order valence-corrected chi connectivity index (χ4v) is 5.25. The molecule has 1 N–H and O–H groups in total. The van der Waals surface area contributed by atoms with Crippen molar-refractivity contribution in [3.63, 3.8) is 0 Å². The van der Waals surface area contributed by atoms with Crippen molar-refractivity contribution in [3.8, 4) is 11.3 Å². The van der Waals surface area contributed by atoms with Gasteiger partial charge in [0.1, 0.15) is 0 Å². The predicted molar refractivity (Wildman–Crippen MR) is 140 cm³/mol. The summed E-state index contributed by atoms with van der Waals surface area (Å²) in [4.78, 5) is 23.6. The SMILES string of the molecule is CC(=O)N[C@@H]1CCC(c2nc(-c3cccc(C4=CN(C)CC=C4)c3)ccc2C2=CC(C)N=C2)C1. The van der Waals surface area contributed by atoms with E-state index in [1.807, 2.05) is 6.21 Å². The minimum Gasteiger partial charge on any atom is -0.376 e. The van der Waals surface area contributed by atoms with E-state index in [0.717, 1.165) is 48.3 Å². The van der Waals surface area contributed by atoms with Crippen LogP contribution in [0.3, 0.4) is 0 Å². The van der Waals surface area contributed by atoms with Gasteiger partial charge in [-0.15, -0.1) is 0 Å². The van der Waals surface area contributed by atoms with E-state index in [2.05, 4.69) is 90.0 Å². The summed E-state index contributed by atoms with van der Waals surface area (Å²) in [6.45, 7) is 4.64. The maximum atomic E-state index is 11.6. The van der Waals surface area contributed by atoms with Crippen LogP contribution in [0.4, 0.5) is 0 Å². The molecule has 0 spiro atoms. The number of rotatable bonds is 5. The van der Waals surface area contributed by atoms with Gasteiger partial charge >= 0.3 is 0 Å². The number of aliphatic imine (C=N–C) groups is 1. The van der Waals surface area contributed by atoms with Gasteiger partial charge < -0.3 is 10.2 Å². The first kappa shape index (κ1) is 22.3. The molecule has 1 saturated carbocycles. The fraction of sp³-hybridized carbons (Fsp3) is 0.345. The second kappa shape index (κ2) is 9.41. The molecular weight excluding hydrogens is 420 g/mol.